The fourth-order valence-electron chi connectivity index (χ4n) is 1.67. The van der Waals surface area contributed by atoms with Crippen molar-refractivity contribution >= 4 is 12.0 Å². The Hall–Kier alpha value is -1.34. The maximum absolute atomic E-state index is 12.0. The highest BCUT2D eigenvalue weighted by Gasteiger charge is 2.36. The molecule has 2 amide bonds. The molecule has 1 aliphatic heterocycles. The molecule has 0 aromatic carbocycles. The van der Waals surface area contributed by atoms with E-state index in [0.29, 0.717) is 13.2 Å². The van der Waals surface area contributed by atoms with Gasteiger partial charge < -0.3 is 25.2 Å². The number of aliphatic hydroxyl groups excluding tert-OH is 1. The third-order valence-electron chi connectivity index (χ3n) is 3.26. The summed E-state index contributed by atoms with van der Waals surface area (Å²) in [4.78, 5) is 24.6. The predicted molar refractivity (Wildman–Crippen MR) is 63.3 cm³/mol. The second-order valence-electron chi connectivity index (χ2n) is 4.53. The lowest BCUT2D eigenvalue weighted by molar-refractivity contribution is -0.144. The molecular weight excluding hydrogens is 240 g/mol. The Morgan fingerprint density at radius 1 is 1.56 bits per heavy atom. The highest BCUT2D eigenvalue weighted by molar-refractivity contribution is 5.86. The summed E-state index contributed by atoms with van der Waals surface area (Å²) in [5.41, 5.74) is -1.30. The Bertz CT molecular complexity index is 323. The number of carbonyl (C=O) groups excluding carboxylic acids is 1. The van der Waals surface area contributed by atoms with Gasteiger partial charge in [0, 0.05) is 6.54 Å². The molecule has 0 aromatic heterocycles. The van der Waals surface area contributed by atoms with Crippen LogP contribution in [0.2, 0.25) is 0 Å². The summed E-state index contributed by atoms with van der Waals surface area (Å²) in [5.74, 6) is -1.08. The SMILES string of the molecule is CCC(C)(NC(=O)N1CCOCC1CO)C(=O)O. The molecule has 1 fully saturated rings. The van der Waals surface area contributed by atoms with E-state index in [2.05, 4.69) is 5.32 Å². The summed E-state index contributed by atoms with van der Waals surface area (Å²) < 4.78 is 5.16. The summed E-state index contributed by atoms with van der Waals surface area (Å²) in [6.45, 7) is 3.94. The van der Waals surface area contributed by atoms with Gasteiger partial charge in [0.15, 0.2) is 0 Å². The zero-order valence-corrected chi connectivity index (χ0v) is 10.7. The number of aliphatic carboxylic acids is 1. The summed E-state index contributed by atoms with van der Waals surface area (Å²) in [6, 6.07) is -0.905. The molecule has 7 heteroatoms. The Labute approximate surface area is 106 Å². The molecule has 0 bridgehead atoms. The minimum absolute atomic E-state index is 0.205. The van der Waals surface area contributed by atoms with Crippen LogP contribution >= 0.6 is 0 Å². The first kappa shape index (κ1) is 14.7. The third-order valence-corrected chi connectivity index (χ3v) is 3.26. The second-order valence-corrected chi connectivity index (χ2v) is 4.53. The summed E-state index contributed by atoms with van der Waals surface area (Å²) in [5, 5.41) is 20.7. The lowest BCUT2D eigenvalue weighted by atomic mass is 9.99. The number of urea groups is 1. The van der Waals surface area contributed by atoms with Crippen molar-refractivity contribution in [2.45, 2.75) is 31.8 Å². The molecule has 1 aliphatic rings. The lowest BCUT2D eigenvalue weighted by Crippen LogP contribution is -2.60. The van der Waals surface area contributed by atoms with Crippen molar-refractivity contribution in [2.24, 2.45) is 0 Å². The molecule has 1 rings (SSSR count). The molecule has 0 saturated carbocycles. The molecule has 0 radical (unpaired) electrons. The van der Waals surface area contributed by atoms with E-state index < -0.39 is 23.6 Å². The molecule has 0 spiro atoms. The van der Waals surface area contributed by atoms with Gasteiger partial charge in [-0.3, -0.25) is 0 Å². The highest BCUT2D eigenvalue weighted by atomic mass is 16.5. The topological polar surface area (TPSA) is 99.1 Å². The van der Waals surface area contributed by atoms with Gasteiger partial charge in [-0.2, -0.15) is 0 Å². The number of aliphatic hydroxyl groups is 1. The largest absolute Gasteiger partial charge is 0.480 e. The Morgan fingerprint density at radius 2 is 2.22 bits per heavy atom. The fraction of sp³-hybridized carbons (Fsp3) is 0.818. The van der Waals surface area contributed by atoms with E-state index in [4.69, 9.17) is 14.9 Å². The van der Waals surface area contributed by atoms with E-state index in [1.54, 1.807) is 6.92 Å². The Morgan fingerprint density at radius 3 is 2.72 bits per heavy atom. The molecule has 7 nitrogen and oxygen atoms in total. The van der Waals surface area contributed by atoms with E-state index in [9.17, 15) is 9.59 Å². The molecule has 0 aromatic rings. The summed E-state index contributed by atoms with van der Waals surface area (Å²) >= 11 is 0. The van der Waals surface area contributed by atoms with Crippen molar-refractivity contribution in [3.63, 3.8) is 0 Å². The number of ether oxygens (including phenoxy) is 1. The van der Waals surface area contributed by atoms with E-state index >= 15 is 0 Å². The van der Waals surface area contributed by atoms with Crippen molar-refractivity contribution in [3.8, 4) is 0 Å². The van der Waals surface area contributed by atoms with Gasteiger partial charge in [-0.25, -0.2) is 9.59 Å². The van der Waals surface area contributed by atoms with Crippen molar-refractivity contribution in [1.29, 1.82) is 0 Å². The Balaban J connectivity index is 2.71. The van der Waals surface area contributed by atoms with E-state index in [1.807, 2.05) is 0 Å². The first-order chi connectivity index (χ1) is 8.44. The maximum Gasteiger partial charge on any atom is 0.329 e. The number of nitrogens with one attached hydrogen (secondary N) is 1. The van der Waals surface area contributed by atoms with Gasteiger partial charge in [-0.05, 0) is 13.3 Å². The molecule has 1 heterocycles. The molecule has 2 atom stereocenters. The van der Waals surface area contributed by atoms with Crippen LogP contribution in [-0.2, 0) is 9.53 Å². The lowest BCUT2D eigenvalue weighted by Gasteiger charge is -2.36. The number of morpholine rings is 1. The van der Waals surface area contributed by atoms with E-state index in [0.717, 1.165) is 0 Å². The first-order valence-corrected chi connectivity index (χ1v) is 5.95. The quantitative estimate of drug-likeness (QED) is 0.641. The van der Waals surface area contributed by atoms with Crippen molar-refractivity contribution in [1.82, 2.24) is 10.2 Å². The van der Waals surface area contributed by atoms with E-state index in [1.165, 1.54) is 11.8 Å². The smallest absolute Gasteiger partial charge is 0.329 e. The van der Waals surface area contributed by atoms with Crippen LogP contribution in [0.3, 0.4) is 0 Å². The zero-order chi connectivity index (χ0) is 13.8. The van der Waals surface area contributed by atoms with Gasteiger partial charge in [0.25, 0.3) is 0 Å². The number of amides is 2. The van der Waals surface area contributed by atoms with E-state index in [-0.39, 0.29) is 19.6 Å². The second kappa shape index (κ2) is 6.01. The molecular formula is C11H20N2O5. The van der Waals surface area contributed by atoms with Crippen LogP contribution in [0.4, 0.5) is 4.79 Å². The first-order valence-electron chi connectivity index (χ1n) is 5.95. The Kier molecular flexibility index (Phi) is 4.92. The molecule has 18 heavy (non-hydrogen) atoms. The monoisotopic (exact) mass is 260 g/mol. The van der Waals surface area contributed by atoms with Crippen molar-refractivity contribution in [3.05, 3.63) is 0 Å². The normalized spacial score (nSPS) is 23.3. The number of nitrogens with zero attached hydrogens (tertiary/aromatic N) is 1. The number of carbonyl (C=O) groups is 2. The summed E-state index contributed by atoms with van der Waals surface area (Å²) in [7, 11) is 0. The molecule has 3 N–H and O–H groups in total. The van der Waals surface area contributed by atoms with Crippen LogP contribution < -0.4 is 5.32 Å². The number of carboxylic acids is 1. The molecule has 0 aliphatic carbocycles. The van der Waals surface area contributed by atoms with Crippen LogP contribution in [0.25, 0.3) is 0 Å². The van der Waals surface area contributed by atoms with Gasteiger partial charge in [-0.15, -0.1) is 0 Å². The van der Waals surface area contributed by atoms with Gasteiger partial charge in [-0.1, -0.05) is 6.92 Å². The van der Waals surface area contributed by atoms with Crippen molar-refractivity contribution < 1.29 is 24.5 Å². The number of hydrogen-bond donors (Lipinski definition) is 3. The van der Waals surface area contributed by atoms with Gasteiger partial charge >= 0.3 is 12.0 Å². The van der Waals surface area contributed by atoms with Crippen molar-refractivity contribution in [2.75, 3.05) is 26.4 Å². The molecule has 1 saturated heterocycles. The van der Waals surface area contributed by atoms with Gasteiger partial charge in [0.1, 0.15) is 5.54 Å². The number of carboxylic acid groups (broad SMARTS) is 1. The summed E-state index contributed by atoms with van der Waals surface area (Å²) in [6.07, 6.45) is 0.280. The minimum Gasteiger partial charge on any atom is -0.480 e. The number of hydrogen-bond acceptors (Lipinski definition) is 4. The third kappa shape index (κ3) is 3.11. The molecule has 2 unspecified atom stereocenters. The number of rotatable bonds is 4. The highest BCUT2D eigenvalue weighted by Crippen LogP contribution is 2.13. The van der Waals surface area contributed by atoms with Gasteiger partial charge in [0.05, 0.1) is 25.9 Å². The standard InChI is InChI=1S/C11H20N2O5/c1-3-11(2,9(15)16)12-10(17)13-4-5-18-7-8(13)6-14/h8,14H,3-7H2,1-2H3,(H,12,17)(H,15,16). The predicted octanol–water partition coefficient (Wildman–Crippen LogP) is -0.358. The maximum atomic E-state index is 12.0. The van der Waals surface area contributed by atoms with Crippen LogP contribution in [0.15, 0.2) is 0 Å². The van der Waals surface area contributed by atoms with Gasteiger partial charge in [0.2, 0.25) is 0 Å². The zero-order valence-electron chi connectivity index (χ0n) is 10.7. The van der Waals surface area contributed by atoms with Crippen LogP contribution in [0.5, 0.6) is 0 Å². The average Bonchev–Trinajstić information content (AvgIpc) is 2.38. The van der Waals surface area contributed by atoms with Crippen LogP contribution in [-0.4, -0.2) is 65.1 Å². The minimum atomic E-state index is -1.30. The fourth-order valence-corrected chi connectivity index (χ4v) is 1.67. The van der Waals surface area contributed by atoms with Crippen LogP contribution in [0, 0.1) is 0 Å². The van der Waals surface area contributed by atoms with Crippen LogP contribution in [0.1, 0.15) is 20.3 Å². The average molecular weight is 260 g/mol. The molecule has 104 valence electrons.